The fourth-order valence-corrected chi connectivity index (χ4v) is 2.80. The lowest BCUT2D eigenvalue weighted by Gasteiger charge is -2.10. The van der Waals surface area contributed by atoms with Crippen molar-refractivity contribution >= 4 is 28.6 Å². The van der Waals surface area contributed by atoms with Crippen LogP contribution < -0.4 is 16.0 Å². The van der Waals surface area contributed by atoms with Crippen molar-refractivity contribution in [2.75, 3.05) is 30.3 Å². The lowest BCUT2D eigenvalue weighted by Crippen LogP contribution is -2.30. The van der Waals surface area contributed by atoms with Crippen molar-refractivity contribution in [2.45, 2.75) is 20.3 Å². The average Bonchev–Trinajstić information content (AvgIpc) is 3.02. The van der Waals surface area contributed by atoms with Gasteiger partial charge in [-0.3, -0.25) is 4.79 Å². The molecule has 0 aliphatic heterocycles. The number of aromatic nitrogens is 3. The largest absolute Gasteiger partial charge is 0.368 e. The predicted molar refractivity (Wildman–Crippen MR) is 104 cm³/mol. The zero-order chi connectivity index (χ0) is 18.4. The van der Waals surface area contributed by atoms with Crippen LogP contribution in [0, 0.1) is 6.92 Å². The molecule has 7 heteroatoms. The van der Waals surface area contributed by atoms with Crippen molar-refractivity contribution in [3.63, 3.8) is 0 Å². The third kappa shape index (κ3) is 4.50. The van der Waals surface area contributed by atoms with Crippen LogP contribution in [-0.4, -0.2) is 40.5 Å². The van der Waals surface area contributed by atoms with E-state index in [2.05, 4.69) is 30.9 Å². The topological polar surface area (TPSA) is 94.7 Å². The van der Waals surface area contributed by atoms with Gasteiger partial charge in [0.1, 0.15) is 5.82 Å². The number of nitrogens with zero attached hydrogens (tertiary/aromatic N) is 2. The Labute approximate surface area is 152 Å². The number of para-hydroxylation sites is 1. The van der Waals surface area contributed by atoms with Crippen molar-refractivity contribution < 1.29 is 4.79 Å². The summed E-state index contributed by atoms with van der Waals surface area (Å²) in [4.78, 5) is 24.1. The van der Waals surface area contributed by atoms with E-state index in [-0.39, 0.29) is 5.91 Å². The number of aromatic amines is 1. The zero-order valence-corrected chi connectivity index (χ0v) is 15.1. The molecule has 0 aliphatic rings. The first-order chi connectivity index (χ1) is 12.7. The molecule has 1 amide bonds. The molecular formula is C19H24N6O. The van der Waals surface area contributed by atoms with Crippen molar-refractivity contribution in [3.8, 4) is 0 Å². The van der Waals surface area contributed by atoms with E-state index in [1.807, 2.05) is 50.4 Å². The molecule has 2 aromatic heterocycles. The second kappa shape index (κ2) is 8.33. The highest BCUT2D eigenvalue weighted by Gasteiger charge is 2.08. The highest BCUT2D eigenvalue weighted by Crippen LogP contribution is 2.17. The molecule has 26 heavy (non-hydrogen) atoms. The molecule has 3 aromatic rings. The third-order valence-corrected chi connectivity index (χ3v) is 3.97. The monoisotopic (exact) mass is 352 g/mol. The quantitative estimate of drug-likeness (QED) is 0.467. The van der Waals surface area contributed by atoms with Gasteiger partial charge in [0, 0.05) is 48.5 Å². The van der Waals surface area contributed by atoms with Crippen molar-refractivity contribution in [2.24, 2.45) is 0 Å². The molecule has 7 nitrogen and oxygen atoms in total. The summed E-state index contributed by atoms with van der Waals surface area (Å²) in [5.74, 6) is 1.36. The van der Waals surface area contributed by atoms with Crippen LogP contribution in [0.5, 0.6) is 0 Å². The van der Waals surface area contributed by atoms with E-state index in [1.165, 1.54) is 0 Å². The number of hydrogen-bond acceptors (Lipinski definition) is 5. The fraction of sp³-hybridized carbons (Fsp3) is 0.316. The van der Waals surface area contributed by atoms with E-state index in [9.17, 15) is 4.79 Å². The van der Waals surface area contributed by atoms with E-state index in [0.29, 0.717) is 25.5 Å². The minimum Gasteiger partial charge on any atom is -0.368 e. The van der Waals surface area contributed by atoms with Crippen LogP contribution >= 0.6 is 0 Å². The summed E-state index contributed by atoms with van der Waals surface area (Å²) in [5.41, 5.74) is 2.95. The maximum absolute atomic E-state index is 12.2. The molecule has 0 spiro atoms. The first kappa shape index (κ1) is 17.7. The number of anilines is 2. The van der Waals surface area contributed by atoms with Crippen molar-refractivity contribution in [1.29, 1.82) is 0 Å². The average molecular weight is 352 g/mol. The Morgan fingerprint density at radius 2 is 2.00 bits per heavy atom. The van der Waals surface area contributed by atoms with Crippen molar-refractivity contribution in [1.82, 2.24) is 20.3 Å². The molecule has 0 radical (unpaired) electrons. The summed E-state index contributed by atoms with van der Waals surface area (Å²) in [6.45, 7) is 5.83. The lowest BCUT2D eigenvalue weighted by atomic mass is 10.1. The number of H-pyrrole nitrogens is 1. The number of aryl methyl sites for hydroxylation is 1. The molecule has 0 aliphatic carbocycles. The summed E-state index contributed by atoms with van der Waals surface area (Å²) < 4.78 is 0. The maximum Gasteiger partial charge on any atom is 0.224 e. The van der Waals surface area contributed by atoms with E-state index in [1.54, 1.807) is 0 Å². The molecule has 1 aromatic carbocycles. The van der Waals surface area contributed by atoms with Gasteiger partial charge in [0.25, 0.3) is 0 Å². The molecule has 0 fully saturated rings. The second-order valence-corrected chi connectivity index (χ2v) is 6.06. The minimum atomic E-state index is 0.00348. The van der Waals surface area contributed by atoms with Crippen LogP contribution in [0.1, 0.15) is 18.2 Å². The molecule has 136 valence electrons. The van der Waals surface area contributed by atoms with E-state index in [0.717, 1.165) is 34.5 Å². The zero-order valence-electron chi connectivity index (χ0n) is 15.1. The highest BCUT2D eigenvalue weighted by atomic mass is 16.1. The maximum atomic E-state index is 12.2. The Morgan fingerprint density at radius 3 is 2.85 bits per heavy atom. The number of nitrogens with one attached hydrogen (secondary N) is 4. The Balaban J connectivity index is 1.47. The van der Waals surface area contributed by atoms with E-state index < -0.39 is 0 Å². The number of fused-ring (bicyclic) bond motifs is 1. The number of carbonyl (C=O) groups excluding carboxylic acids is 1. The Bertz CT molecular complexity index is 889. The summed E-state index contributed by atoms with van der Waals surface area (Å²) in [5, 5.41) is 10.3. The number of hydrogen-bond donors (Lipinski definition) is 4. The Morgan fingerprint density at radius 1 is 1.15 bits per heavy atom. The van der Waals surface area contributed by atoms with Gasteiger partial charge in [-0.2, -0.15) is 4.98 Å². The Kier molecular flexibility index (Phi) is 5.68. The van der Waals surface area contributed by atoms with Crippen LogP contribution in [0.3, 0.4) is 0 Å². The molecule has 0 saturated carbocycles. The third-order valence-electron chi connectivity index (χ3n) is 3.97. The summed E-state index contributed by atoms with van der Waals surface area (Å²) in [7, 11) is 0. The molecule has 0 saturated heterocycles. The SMILES string of the molecule is CCNc1nc(C)cc(NCCNC(=O)Cc2c[nH]c3ccccc23)n1. The van der Waals surface area contributed by atoms with Gasteiger partial charge in [-0.05, 0) is 25.5 Å². The van der Waals surface area contributed by atoms with Gasteiger partial charge in [0.2, 0.25) is 11.9 Å². The van der Waals surface area contributed by atoms with Gasteiger partial charge in [-0.25, -0.2) is 4.98 Å². The molecule has 0 atom stereocenters. The van der Waals surface area contributed by atoms with Crippen LogP contribution in [0.4, 0.5) is 11.8 Å². The number of rotatable bonds is 8. The number of carbonyl (C=O) groups is 1. The van der Waals surface area contributed by atoms with Gasteiger partial charge in [0.15, 0.2) is 0 Å². The first-order valence-corrected chi connectivity index (χ1v) is 8.81. The van der Waals surface area contributed by atoms with Gasteiger partial charge >= 0.3 is 0 Å². The molecule has 2 heterocycles. The predicted octanol–water partition coefficient (Wildman–Crippen LogP) is 2.47. The van der Waals surface area contributed by atoms with E-state index in [4.69, 9.17) is 0 Å². The van der Waals surface area contributed by atoms with Gasteiger partial charge in [-0.15, -0.1) is 0 Å². The van der Waals surface area contributed by atoms with Crippen LogP contribution in [0.25, 0.3) is 10.9 Å². The first-order valence-electron chi connectivity index (χ1n) is 8.81. The van der Waals surface area contributed by atoms with Crippen molar-refractivity contribution in [3.05, 3.63) is 47.8 Å². The summed E-state index contributed by atoms with van der Waals surface area (Å²) in [6.07, 6.45) is 2.26. The molecule has 0 bridgehead atoms. The fourth-order valence-electron chi connectivity index (χ4n) is 2.80. The highest BCUT2D eigenvalue weighted by molar-refractivity contribution is 5.88. The molecule has 0 unspecified atom stereocenters. The van der Waals surface area contributed by atoms with Crippen LogP contribution in [0.2, 0.25) is 0 Å². The summed E-state index contributed by atoms with van der Waals surface area (Å²) in [6, 6.07) is 9.87. The normalized spacial score (nSPS) is 10.7. The van der Waals surface area contributed by atoms with Gasteiger partial charge in [-0.1, -0.05) is 18.2 Å². The lowest BCUT2D eigenvalue weighted by molar-refractivity contribution is -0.120. The smallest absolute Gasteiger partial charge is 0.224 e. The van der Waals surface area contributed by atoms with Crippen LogP contribution in [0.15, 0.2) is 36.5 Å². The second-order valence-electron chi connectivity index (χ2n) is 6.06. The molecule has 4 N–H and O–H groups in total. The number of amides is 1. The number of benzene rings is 1. The minimum absolute atomic E-state index is 0.00348. The molecule has 3 rings (SSSR count). The summed E-state index contributed by atoms with van der Waals surface area (Å²) >= 11 is 0. The van der Waals surface area contributed by atoms with Gasteiger partial charge in [0.05, 0.1) is 6.42 Å². The molecular weight excluding hydrogens is 328 g/mol. The van der Waals surface area contributed by atoms with E-state index >= 15 is 0 Å². The Hall–Kier alpha value is -3.09. The standard InChI is InChI=1S/C19H24N6O/c1-3-20-19-24-13(2)10-17(25-19)21-8-9-22-18(26)11-14-12-23-16-7-5-4-6-15(14)16/h4-7,10,12,23H,3,8-9,11H2,1-2H3,(H,22,26)(H2,20,21,24,25). The van der Waals surface area contributed by atoms with Gasteiger partial charge < -0.3 is 20.9 Å². The van der Waals surface area contributed by atoms with Crippen LogP contribution in [-0.2, 0) is 11.2 Å².